The zero-order chi connectivity index (χ0) is 14.4. The summed E-state index contributed by atoms with van der Waals surface area (Å²) in [6.07, 6.45) is 0. The normalized spacial score (nSPS) is 11.3. The predicted molar refractivity (Wildman–Crippen MR) is 89.7 cm³/mol. The first kappa shape index (κ1) is 12.8. The lowest BCUT2D eigenvalue weighted by Gasteiger charge is -2.04. The van der Waals surface area contributed by atoms with Crippen molar-refractivity contribution >= 4 is 43.1 Å². The number of hydrogen-bond donors (Lipinski definition) is 0. The Hall–Kier alpha value is -1.90. The van der Waals surface area contributed by atoms with Gasteiger partial charge in [-0.25, -0.2) is 4.39 Å². The van der Waals surface area contributed by atoms with Gasteiger partial charge in [0, 0.05) is 20.2 Å². The van der Waals surface area contributed by atoms with Gasteiger partial charge in [-0.3, -0.25) is 0 Å². The molecule has 21 heavy (non-hydrogen) atoms. The Morgan fingerprint density at radius 3 is 2.38 bits per heavy atom. The highest BCUT2D eigenvalue weighted by molar-refractivity contribution is 7.26. The van der Waals surface area contributed by atoms with E-state index in [0.29, 0.717) is 0 Å². The Bertz CT molecular complexity index is 954. The smallest absolute Gasteiger partial charge is 0.123 e. The van der Waals surface area contributed by atoms with Crippen molar-refractivity contribution in [2.24, 2.45) is 0 Å². The lowest BCUT2D eigenvalue weighted by Crippen LogP contribution is -1.80. The molecule has 1 aromatic heterocycles. The van der Waals surface area contributed by atoms with E-state index in [1.54, 1.807) is 23.5 Å². The summed E-state index contributed by atoms with van der Waals surface area (Å²) < 4.78 is 15.4. The van der Waals surface area contributed by atoms with Crippen LogP contribution in [0, 0.1) is 5.82 Å². The van der Waals surface area contributed by atoms with Crippen LogP contribution in [-0.2, 0) is 0 Å². The van der Waals surface area contributed by atoms with E-state index in [2.05, 4.69) is 18.2 Å². The van der Waals surface area contributed by atoms with Crippen molar-refractivity contribution in [3.8, 4) is 11.1 Å². The minimum atomic E-state index is -0.229. The molecule has 0 atom stereocenters. The van der Waals surface area contributed by atoms with Gasteiger partial charge in [-0.15, -0.1) is 11.3 Å². The molecule has 0 aliphatic rings. The molecule has 0 unspecified atom stereocenters. The van der Waals surface area contributed by atoms with E-state index in [4.69, 9.17) is 11.6 Å². The predicted octanol–water partition coefficient (Wildman–Crippen LogP) is 6.51. The van der Waals surface area contributed by atoms with Crippen LogP contribution < -0.4 is 0 Å². The first-order valence-electron chi connectivity index (χ1n) is 6.59. The maximum atomic E-state index is 13.1. The molecule has 0 aliphatic carbocycles. The second kappa shape index (κ2) is 4.83. The Labute approximate surface area is 130 Å². The van der Waals surface area contributed by atoms with Crippen LogP contribution in [0.15, 0.2) is 60.7 Å². The van der Waals surface area contributed by atoms with Gasteiger partial charge >= 0.3 is 0 Å². The Kier molecular flexibility index (Phi) is 2.95. The van der Waals surface area contributed by atoms with Gasteiger partial charge in [-0.1, -0.05) is 41.9 Å². The van der Waals surface area contributed by atoms with Gasteiger partial charge in [-0.2, -0.15) is 0 Å². The number of hydrogen-bond acceptors (Lipinski definition) is 1. The van der Waals surface area contributed by atoms with E-state index in [-0.39, 0.29) is 5.82 Å². The number of halogens is 2. The van der Waals surface area contributed by atoms with Crippen LogP contribution in [0.25, 0.3) is 31.3 Å². The van der Waals surface area contributed by atoms with Crippen LogP contribution in [0.5, 0.6) is 0 Å². The third-order valence-corrected chi connectivity index (χ3v) is 5.02. The van der Waals surface area contributed by atoms with Gasteiger partial charge < -0.3 is 0 Å². The summed E-state index contributed by atoms with van der Waals surface area (Å²) in [5, 5.41) is 3.03. The molecule has 0 saturated heterocycles. The summed E-state index contributed by atoms with van der Waals surface area (Å²) in [6.45, 7) is 0. The molecule has 0 fully saturated rings. The molecule has 0 bridgehead atoms. The minimum Gasteiger partial charge on any atom is -0.207 e. The molecule has 0 N–H and O–H groups in total. The molecule has 0 aliphatic heterocycles. The second-order valence-electron chi connectivity index (χ2n) is 4.94. The fraction of sp³-hybridized carbons (Fsp3) is 0. The highest BCUT2D eigenvalue weighted by Crippen LogP contribution is 2.40. The van der Waals surface area contributed by atoms with Crippen LogP contribution in [0.1, 0.15) is 0 Å². The number of benzene rings is 3. The van der Waals surface area contributed by atoms with Crippen molar-refractivity contribution in [3.63, 3.8) is 0 Å². The van der Waals surface area contributed by atoms with Gasteiger partial charge in [0.25, 0.3) is 0 Å². The van der Waals surface area contributed by atoms with Crippen molar-refractivity contribution < 1.29 is 4.39 Å². The summed E-state index contributed by atoms with van der Waals surface area (Å²) >= 11 is 8.23. The molecular weight excluding hydrogens is 303 g/mol. The van der Waals surface area contributed by atoms with Crippen molar-refractivity contribution in [2.75, 3.05) is 0 Å². The average Bonchev–Trinajstić information content (AvgIpc) is 2.86. The second-order valence-corrected chi connectivity index (χ2v) is 6.43. The molecule has 3 aromatic carbocycles. The first-order chi connectivity index (χ1) is 10.2. The number of fused-ring (bicyclic) bond motifs is 3. The van der Waals surface area contributed by atoms with Gasteiger partial charge in [0.2, 0.25) is 0 Å². The van der Waals surface area contributed by atoms with Crippen molar-refractivity contribution in [1.29, 1.82) is 0 Å². The molecule has 3 heteroatoms. The Balaban J connectivity index is 2.00. The molecule has 0 saturated carbocycles. The first-order valence-corrected chi connectivity index (χ1v) is 7.78. The summed E-state index contributed by atoms with van der Waals surface area (Å²) in [7, 11) is 0. The van der Waals surface area contributed by atoms with Crippen LogP contribution >= 0.6 is 22.9 Å². The third kappa shape index (κ3) is 2.11. The van der Waals surface area contributed by atoms with Crippen LogP contribution in [-0.4, -0.2) is 0 Å². The SMILES string of the molecule is Fc1ccc(-c2cc(Cl)c3c(c2)sc2ccccc23)cc1. The fourth-order valence-electron chi connectivity index (χ4n) is 2.61. The van der Waals surface area contributed by atoms with Gasteiger partial charge in [0.05, 0.1) is 5.02 Å². The van der Waals surface area contributed by atoms with E-state index in [0.717, 1.165) is 26.2 Å². The van der Waals surface area contributed by atoms with E-state index >= 15 is 0 Å². The van der Waals surface area contributed by atoms with Gasteiger partial charge in [0.1, 0.15) is 5.82 Å². The van der Waals surface area contributed by atoms with E-state index < -0.39 is 0 Å². The quantitative estimate of drug-likeness (QED) is 0.375. The molecule has 4 aromatic rings. The van der Waals surface area contributed by atoms with Crippen molar-refractivity contribution in [1.82, 2.24) is 0 Å². The molecule has 0 spiro atoms. The lowest BCUT2D eigenvalue weighted by atomic mass is 10.0. The molecule has 0 radical (unpaired) electrons. The minimum absolute atomic E-state index is 0.229. The summed E-state index contributed by atoms with van der Waals surface area (Å²) in [5.74, 6) is -0.229. The fourth-order valence-corrected chi connectivity index (χ4v) is 4.16. The van der Waals surface area contributed by atoms with Gasteiger partial charge in [0.15, 0.2) is 0 Å². The maximum Gasteiger partial charge on any atom is 0.123 e. The molecule has 102 valence electrons. The number of thiophene rings is 1. The summed E-state index contributed by atoms with van der Waals surface area (Å²) in [5.41, 5.74) is 1.98. The molecule has 0 amide bonds. The molecule has 4 rings (SSSR count). The summed E-state index contributed by atoms with van der Waals surface area (Å²) in [6, 6.07) is 18.8. The highest BCUT2D eigenvalue weighted by atomic mass is 35.5. The lowest BCUT2D eigenvalue weighted by molar-refractivity contribution is 0.628. The van der Waals surface area contributed by atoms with Crippen molar-refractivity contribution in [3.05, 3.63) is 71.5 Å². The standard InChI is InChI=1S/C18H10ClFS/c19-15-9-12(11-5-7-13(20)8-6-11)10-17-18(15)14-3-1-2-4-16(14)21-17/h1-10H. The van der Waals surface area contributed by atoms with Crippen LogP contribution in [0.4, 0.5) is 4.39 Å². The van der Waals surface area contributed by atoms with Crippen LogP contribution in [0.3, 0.4) is 0 Å². The monoisotopic (exact) mass is 312 g/mol. The average molecular weight is 313 g/mol. The Morgan fingerprint density at radius 1 is 0.810 bits per heavy atom. The maximum absolute atomic E-state index is 13.1. The van der Waals surface area contributed by atoms with E-state index in [1.807, 2.05) is 18.2 Å². The molecule has 1 heterocycles. The molecular formula is C18H10ClFS. The number of rotatable bonds is 1. The Morgan fingerprint density at radius 2 is 1.57 bits per heavy atom. The topological polar surface area (TPSA) is 0 Å². The van der Waals surface area contributed by atoms with Crippen LogP contribution in [0.2, 0.25) is 5.02 Å². The zero-order valence-corrected chi connectivity index (χ0v) is 12.5. The van der Waals surface area contributed by atoms with Gasteiger partial charge in [-0.05, 0) is 41.5 Å². The largest absolute Gasteiger partial charge is 0.207 e. The zero-order valence-electron chi connectivity index (χ0n) is 10.9. The van der Waals surface area contributed by atoms with E-state index in [9.17, 15) is 4.39 Å². The van der Waals surface area contributed by atoms with Crippen molar-refractivity contribution in [2.45, 2.75) is 0 Å². The third-order valence-electron chi connectivity index (χ3n) is 3.61. The summed E-state index contributed by atoms with van der Waals surface area (Å²) in [4.78, 5) is 0. The van der Waals surface area contributed by atoms with E-state index in [1.165, 1.54) is 22.2 Å². The highest BCUT2D eigenvalue weighted by Gasteiger charge is 2.10. The molecule has 0 nitrogen and oxygen atoms in total.